The molecule has 0 N–H and O–H groups in total. The summed E-state index contributed by atoms with van der Waals surface area (Å²) >= 11 is 0. The molecule has 0 aliphatic carbocycles. The van der Waals surface area contributed by atoms with Crippen molar-refractivity contribution in [3.8, 4) is 11.9 Å². The molecule has 1 aromatic carbocycles. The molecule has 0 atom stereocenters. The molecule has 3 aromatic rings. The Balaban J connectivity index is 1.80. The fourth-order valence-electron chi connectivity index (χ4n) is 4.55. The summed E-state index contributed by atoms with van der Waals surface area (Å²) in [6.45, 7) is 9.72. The van der Waals surface area contributed by atoms with E-state index in [0.29, 0.717) is 0 Å². The maximum atomic E-state index is 10.1. The fraction of sp³-hybridized carbons (Fsp3) is 0.423. The summed E-state index contributed by atoms with van der Waals surface area (Å²) in [6, 6.07) is 15.1. The Bertz CT molecular complexity index is 1130. The summed E-state index contributed by atoms with van der Waals surface area (Å²) < 4.78 is 1.96. The summed E-state index contributed by atoms with van der Waals surface area (Å²) in [6.07, 6.45) is 3.02. The number of rotatable bonds is 7. The fourth-order valence-corrected chi connectivity index (χ4v) is 4.55. The van der Waals surface area contributed by atoms with Crippen LogP contribution in [-0.4, -0.2) is 39.8 Å². The molecule has 1 aliphatic heterocycles. The number of hydrogen-bond donors (Lipinski definition) is 0. The highest BCUT2D eigenvalue weighted by atomic mass is 15.3. The van der Waals surface area contributed by atoms with Crippen molar-refractivity contribution in [3.05, 3.63) is 70.0 Å². The molecule has 0 bridgehead atoms. The van der Waals surface area contributed by atoms with Crippen molar-refractivity contribution >= 4 is 5.82 Å². The first-order valence-corrected chi connectivity index (χ1v) is 11.5. The van der Waals surface area contributed by atoms with E-state index in [1.54, 1.807) is 0 Å². The highest BCUT2D eigenvalue weighted by molar-refractivity contribution is 5.64. The minimum absolute atomic E-state index is 0.725. The molecular formula is C26H32N6. The van der Waals surface area contributed by atoms with E-state index in [-0.39, 0.29) is 0 Å². The van der Waals surface area contributed by atoms with E-state index in [1.165, 1.54) is 5.56 Å². The molecule has 6 nitrogen and oxygen atoms in total. The van der Waals surface area contributed by atoms with Gasteiger partial charge in [-0.05, 0) is 43.9 Å². The third-order valence-corrected chi connectivity index (χ3v) is 6.21. The van der Waals surface area contributed by atoms with Crippen LogP contribution in [0.15, 0.2) is 36.4 Å². The van der Waals surface area contributed by atoms with E-state index in [2.05, 4.69) is 66.1 Å². The van der Waals surface area contributed by atoms with Crippen molar-refractivity contribution in [1.29, 1.82) is 5.26 Å². The lowest BCUT2D eigenvalue weighted by molar-refractivity contribution is 0.244. The summed E-state index contributed by atoms with van der Waals surface area (Å²) in [5.41, 5.74) is 6.32. The lowest BCUT2D eigenvalue weighted by Crippen LogP contribution is -2.33. The Kier molecular flexibility index (Phi) is 6.57. The predicted molar refractivity (Wildman–Crippen MR) is 128 cm³/mol. The van der Waals surface area contributed by atoms with Crippen LogP contribution in [-0.2, 0) is 19.5 Å². The van der Waals surface area contributed by atoms with Gasteiger partial charge in [-0.3, -0.25) is 4.90 Å². The molecule has 3 heterocycles. The Labute approximate surface area is 191 Å². The highest BCUT2D eigenvalue weighted by Crippen LogP contribution is 2.33. The number of unbranched alkanes of at least 4 members (excludes halogenated alkanes) is 1. The van der Waals surface area contributed by atoms with Crippen molar-refractivity contribution in [2.75, 3.05) is 25.0 Å². The number of nitrogens with zero attached hydrogens (tertiary/aromatic N) is 6. The number of benzene rings is 1. The van der Waals surface area contributed by atoms with Gasteiger partial charge in [0.05, 0.1) is 11.3 Å². The van der Waals surface area contributed by atoms with E-state index >= 15 is 0 Å². The van der Waals surface area contributed by atoms with Gasteiger partial charge in [0.15, 0.2) is 5.82 Å². The van der Waals surface area contributed by atoms with Crippen LogP contribution < -0.4 is 4.90 Å². The standard InChI is InChI=1S/C26H32N6/c1-5-6-13-30(4)25-23(16-27)22-12-14-31(17-21-10-8-7-9-11-21)18-24(22)26(28-25)32-20(3)15-19(2)29-32/h7-11,15H,5-6,12-14,17-18H2,1-4H3. The summed E-state index contributed by atoms with van der Waals surface area (Å²) in [4.78, 5) is 9.65. The minimum atomic E-state index is 0.725. The summed E-state index contributed by atoms with van der Waals surface area (Å²) in [5.74, 6) is 1.64. The second-order valence-corrected chi connectivity index (χ2v) is 8.76. The molecule has 0 amide bonds. The molecular weight excluding hydrogens is 396 g/mol. The van der Waals surface area contributed by atoms with Crippen LogP contribution >= 0.6 is 0 Å². The number of aryl methyl sites for hydroxylation is 2. The van der Waals surface area contributed by atoms with Gasteiger partial charge in [-0.15, -0.1) is 0 Å². The Hall–Kier alpha value is -3.17. The van der Waals surface area contributed by atoms with Gasteiger partial charge in [0.25, 0.3) is 0 Å². The number of anilines is 1. The summed E-state index contributed by atoms with van der Waals surface area (Å²) in [5, 5.41) is 14.9. The average molecular weight is 429 g/mol. The molecule has 32 heavy (non-hydrogen) atoms. The highest BCUT2D eigenvalue weighted by Gasteiger charge is 2.28. The monoisotopic (exact) mass is 428 g/mol. The lowest BCUT2D eigenvalue weighted by atomic mass is 9.95. The number of hydrogen-bond acceptors (Lipinski definition) is 5. The van der Waals surface area contributed by atoms with E-state index in [4.69, 9.17) is 10.1 Å². The van der Waals surface area contributed by atoms with Crippen LogP contribution in [0.4, 0.5) is 5.82 Å². The quantitative estimate of drug-likeness (QED) is 0.552. The van der Waals surface area contributed by atoms with Crippen molar-refractivity contribution < 1.29 is 0 Å². The molecule has 4 rings (SSSR count). The molecule has 0 spiro atoms. The zero-order valence-electron chi connectivity index (χ0n) is 19.6. The minimum Gasteiger partial charge on any atom is -0.359 e. The second-order valence-electron chi connectivity index (χ2n) is 8.76. The summed E-state index contributed by atoms with van der Waals surface area (Å²) in [7, 11) is 2.04. The van der Waals surface area contributed by atoms with Crippen molar-refractivity contribution in [2.24, 2.45) is 0 Å². The van der Waals surface area contributed by atoms with Crippen LogP contribution in [0.25, 0.3) is 5.82 Å². The second kappa shape index (κ2) is 9.54. The van der Waals surface area contributed by atoms with Gasteiger partial charge in [-0.1, -0.05) is 43.7 Å². The van der Waals surface area contributed by atoms with Crippen LogP contribution in [0, 0.1) is 25.2 Å². The normalized spacial score (nSPS) is 13.6. The first kappa shape index (κ1) is 22.0. The topological polar surface area (TPSA) is 61.0 Å². The predicted octanol–water partition coefficient (Wildman–Crippen LogP) is 4.55. The van der Waals surface area contributed by atoms with Crippen LogP contribution in [0.2, 0.25) is 0 Å². The molecule has 0 unspecified atom stereocenters. The molecule has 0 saturated carbocycles. The SMILES string of the molecule is CCCCN(C)c1nc(-n2nc(C)cc2C)c2c(c1C#N)CCN(Cc1ccccc1)C2. The molecule has 0 fully saturated rings. The largest absolute Gasteiger partial charge is 0.359 e. The van der Waals surface area contributed by atoms with E-state index in [9.17, 15) is 5.26 Å². The van der Waals surface area contributed by atoms with Crippen LogP contribution in [0.1, 0.15) is 53.4 Å². The Morgan fingerprint density at radius 3 is 2.59 bits per heavy atom. The van der Waals surface area contributed by atoms with Gasteiger partial charge in [0.2, 0.25) is 0 Å². The molecule has 6 heteroatoms. The third kappa shape index (κ3) is 4.39. The number of nitriles is 1. The van der Waals surface area contributed by atoms with E-state index in [1.807, 2.05) is 18.7 Å². The van der Waals surface area contributed by atoms with E-state index in [0.717, 1.165) is 85.2 Å². The number of pyridine rings is 1. The average Bonchev–Trinajstić information content (AvgIpc) is 3.14. The smallest absolute Gasteiger partial charge is 0.160 e. The van der Waals surface area contributed by atoms with Crippen molar-refractivity contribution in [3.63, 3.8) is 0 Å². The maximum absolute atomic E-state index is 10.1. The van der Waals surface area contributed by atoms with Gasteiger partial charge in [0, 0.05) is 44.5 Å². The van der Waals surface area contributed by atoms with Crippen molar-refractivity contribution in [2.45, 2.75) is 53.1 Å². The molecule has 166 valence electrons. The zero-order valence-corrected chi connectivity index (χ0v) is 19.6. The molecule has 1 aliphatic rings. The van der Waals surface area contributed by atoms with Crippen LogP contribution in [0.5, 0.6) is 0 Å². The van der Waals surface area contributed by atoms with Crippen molar-refractivity contribution in [1.82, 2.24) is 19.7 Å². The maximum Gasteiger partial charge on any atom is 0.160 e. The first-order valence-electron chi connectivity index (χ1n) is 11.5. The molecule has 2 aromatic heterocycles. The van der Waals surface area contributed by atoms with Gasteiger partial charge in [-0.2, -0.15) is 10.4 Å². The number of fused-ring (bicyclic) bond motifs is 1. The Morgan fingerprint density at radius 1 is 1.16 bits per heavy atom. The number of aromatic nitrogens is 3. The molecule has 0 radical (unpaired) electrons. The van der Waals surface area contributed by atoms with Crippen LogP contribution in [0.3, 0.4) is 0 Å². The van der Waals surface area contributed by atoms with Gasteiger partial charge >= 0.3 is 0 Å². The first-order chi connectivity index (χ1) is 15.5. The zero-order chi connectivity index (χ0) is 22.7. The third-order valence-electron chi connectivity index (χ3n) is 6.21. The van der Waals surface area contributed by atoms with Gasteiger partial charge in [-0.25, -0.2) is 9.67 Å². The van der Waals surface area contributed by atoms with E-state index < -0.39 is 0 Å². The van der Waals surface area contributed by atoms with Gasteiger partial charge in [0.1, 0.15) is 11.9 Å². The lowest BCUT2D eigenvalue weighted by Gasteiger charge is -2.32. The Morgan fingerprint density at radius 2 is 1.94 bits per heavy atom. The molecule has 0 saturated heterocycles. The van der Waals surface area contributed by atoms with Gasteiger partial charge < -0.3 is 4.90 Å².